The first-order valence-corrected chi connectivity index (χ1v) is 13.1. The van der Waals surface area contributed by atoms with E-state index in [2.05, 4.69) is 25.3 Å². The number of aromatic nitrogens is 4. The Morgan fingerprint density at radius 3 is 2.10 bits per heavy atom. The standard InChI is InChI=1S/C30H32N6O5/c1-37-21-5-8-26(25(31)15-21)33-17-20-3-4-23(18-32-20)40-13-11-39-12-14-41-24-7-10-28(34-19-24)30-35-27-9-6-22(38-2)16-29(27)36-30/h3-10,15-16,18-19,33H,11-14,17,31H2,1-2H3,(H,35,36). The Balaban J connectivity index is 0.973. The molecule has 0 aliphatic rings. The molecule has 0 aliphatic carbocycles. The van der Waals surface area contributed by atoms with Gasteiger partial charge in [-0.1, -0.05) is 0 Å². The second-order valence-corrected chi connectivity index (χ2v) is 8.95. The SMILES string of the molecule is COc1ccc(NCc2ccc(OCCOCCOc3ccc(-c4nc5ccc(OC)cc5[nH]4)nc3)cn2)c(N)c1. The van der Waals surface area contributed by atoms with Crippen molar-refractivity contribution in [3.63, 3.8) is 0 Å². The number of methoxy groups -OCH3 is 2. The fraction of sp³-hybridized carbons (Fsp3) is 0.233. The van der Waals surface area contributed by atoms with Gasteiger partial charge < -0.3 is 39.7 Å². The van der Waals surface area contributed by atoms with E-state index in [9.17, 15) is 0 Å². The quantitative estimate of drug-likeness (QED) is 0.130. The van der Waals surface area contributed by atoms with Gasteiger partial charge in [0.15, 0.2) is 5.82 Å². The van der Waals surface area contributed by atoms with Crippen LogP contribution >= 0.6 is 0 Å². The molecule has 0 fully saturated rings. The van der Waals surface area contributed by atoms with E-state index in [-0.39, 0.29) is 0 Å². The van der Waals surface area contributed by atoms with Crippen molar-refractivity contribution in [2.24, 2.45) is 0 Å². The lowest BCUT2D eigenvalue weighted by molar-refractivity contribution is 0.0762. The van der Waals surface area contributed by atoms with Crippen molar-refractivity contribution in [1.29, 1.82) is 0 Å². The van der Waals surface area contributed by atoms with Gasteiger partial charge in [-0.05, 0) is 48.5 Å². The molecule has 0 aliphatic heterocycles. The average molecular weight is 557 g/mol. The minimum Gasteiger partial charge on any atom is -0.497 e. The maximum absolute atomic E-state index is 6.05. The number of hydrogen-bond donors (Lipinski definition) is 3. The Kier molecular flexibility index (Phi) is 8.97. The third-order valence-electron chi connectivity index (χ3n) is 6.18. The zero-order valence-corrected chi connectivity index (χ0v) is 22.9. The lowest BCUT2D eigenvalue weighted by atomic mass is 10.2. The number of pyridine rings is 2. The summed E-state index contributed by atoms with van der Waals surface area (Å²) in [4.78, 5) is 16.7. The number of anilines is 2. The molecule has 5 rings (SSSR count). The van der Waals surface area contributed by atoms with Crippen LogP contribution in [0.25, 0.3) is 22.6 Å². The minimum atomic E-state index is 0.396. The molecule has 11 heteroatoms. The molecule has 3 heterocycles. The van der Waals surface area contributed by atoms with Crippen LogP contribution in [0.15, 0.2) is 73.1 Å². The first-order valence-electron chi connectivity index (χ1n) is 13.1. The summed E-state index contributed by atoms with van der Waals surface area (Å²) in [6.07, 6.45) is 3.36. The van der Waals surface area contributed by atoms with E-state index in [0.717, 1.165) is 33.9 Å². The van der Waals surface area contributed by atoms with Crippen molar-refractivity contribution in [2.75, 3.05) is 51.7 Å². The fourth-order valence-corrected chi connectivity index (χ4v) is 4.00. The molecule has 0 spiro atoms. The lowest BCUT2D eigenvalue weighted by Crippen LogP contribution is -2.12. The Morgan fingerprint density at radius 1 is 0.756 bits per heavy atom. The summed E-state index contributed by atoms with van der Waals surface area (Å²) in [6.45, 7) is 2.19. The largest absolute Gasteiger partial charge is 0.497 e. The highest BCUT2D eigenvalue weighted by atomic mass is 16.5. The second kappa shape index (κ2) is 13.4. The zero-order chi connectivity index (χ0) is 28.4. The van der Waals surface area contributed by atoms with Crippen LogP contribution in [0.4, 0.5) is 11.4 Å². The van der Waals surface area contributed by atoms with Crippen LogP contribution in [0.5, 0.6) is 23.0 Å². The maximum atomic E-state index is 6.05. The summed E-state index contributed by atoms with van der Waals surface area (Å²) in [7, 11) is 3.25. The van der Waals surface area contributed by atoms with Crippen LogP contribution in [0.2, 0.25) is 0 Å². The molecular formula is C30H32N6O5. The Morgan fingerprint density at radius 2 is 1.44 bits per heavy atom. The number of hydrogen-bond acceptors (Lipinski definition) is 10. The van der Waals surface area contributed by atoms with Crippen molar-refractivity contribution in [3.8, 4) is 34.5 Å². The summed E-state index contributed by atoms with van der Waals surface area (Å²) in [5.41, 5.74) is 10.8. The van der Waals surface area contributed by atoms with Crippen molar-refractivity contribution in [3.05, 3.63) is 78.8 Å². The molecule has 212 valence electrons. The molecule has 0 saturated carbocycles. The van der Waals surface area contributed by atoms with Gasteiger partial charge in [0.25, 0.3) is 0 Å². The van der Waals surface area contributed by atoms with Gasteiger partial charge in [0.2, 0.25) is 0 Å². The van der Waals surface area contributed by atoms with Crippen LogP contribution in [-0.2, 0) is 11.3 Å². The van der Waals surface area contributed by atoms with Gasteiger partial charge in [0.1, 0.15) is 41.9 Å². The summed E-state index contributed by atoms with van der Waals surface area (Å²) in [5.74, 6) is 3.50. The van der Waals surface area contributed by atoms with E-state index in [1.54, 1.807) is 32.7 Å². The van der Waals surface area contributed by atoms with Gasteiger partial charge in [-0.3, -0.25) is 4.98 Å². The molecule has 3 aromatic heterocycles. The Labute approximate surface area is 237 Å². The van der Waals surface area contributed by atoms with Gasteiger partial charge in [0.05, 0.1) is 74.5 Å². The van der Waals surface area contributed by atoms with E-state index in [1.807, 2.05) is 54.6 Å². The van der Waals surface area contributed by atoms with E-state index in [4.69, 9.17) is 29.4 Å². The highest BCUT2D eigenvalue weighted by Crippen LogP contribution is 2.25. The zero-order valence-electron chi connectivity index (χ0n) is 22.9. The summed E-state index contributed by atoms with van der Waals surface area (Å²) >= 11 is 0. The third-order valence-corrected chi connectivity index (χ3v) is 6.18. The van der Waals surface area contributed by atoms with Crippen LogP contribution in [-0.4, -0.2) is 60.6 Å². The molecule has 0 saturated heterocycles. The first-order chi connectivity index (χ1) is 20.1. The number of nitrogens with two attached hydrogens (primary N) is 1. The predicted octanol–water partition coefficient (Wildman–Crippen LogP) is 4.71. The molecule has 4 N–H and O–H groups in total. The summed E-state index contributed by atoms with van der Waals surface area (Å²) in [6, 6.07) is 18.7. The highest BCUT2D eigenvalue weighted by Gasteiger charge is 2.08. The number of H-pyrrole nitrogens is 1. The molecule has 2 aromatic carbocycles. The molecule has 11 nitrogen and oxygen atoms in total. The number of fused-ring (bicyclic) bond motifs is 1. The Hall–Kier alpha value is -5.03. The predicted molar refractivity (Wildman–Crippen MR) is 157 cm³/mol. The van der Waals surface area contributed by atoms with Crippen LogP contribution in [0.1, 0.15) is 5.69 Å². The van der Waals surface area contributed by atoms with E-state index in [0.29, 0.717) is 61.7 Å². The molecule has 5 aromatic rings. The summed E-state index contributed by atoms with van der Waals surface area (Å²) in [5, 5.41) is 3.27. The monoisotopic (exact) mass is 556 g/mol. The molecule has 0 radical (unpaired) electrons. The molecular weight excluding hydrogens is 524 g/mol. The van der Waals surface area contributed by atoms with Gasteiger partial charge in [-0.25, -0.2) is 9.97 Å². The molecule has 41 heavy (non-hydrogen) atoms. The van der Waals surface area contributed by atoms with Crippen molar-refractivity contribution < 1.29 is 23.7 Å². The average Bonchev–Trinajstić information content (AvgIpc) is 3.44. The van der Waals surface area contributed by atoms with Gasteiger partial charge >= 0.3 is 0 Å². The number of nitrogens with zero attached hydrogens (tertiary/aromatic N) is 3. The minimum absolute atomic E-state index is 0.396. The second-order valence-electron chi connectivity index (χ2n) is 8.95. The molecule has 0 amide bonds. The van der Waals surface area contributed by atoms with E-state index in [1.165, 1.54) is 0 Å². The summed E-state index contributed by atoms with van der Waals surface area (Å²) < 4.78 is 27.5. The van der Waals surface area contributed by atoms with E-state index < -0.39 is 0 Å². The number of aromatic amines is 1. The number of nitrogen functional groups attached to an aromatic ring is 1. The smallest absolute Gasteiger partial charge is 0.157 e. The number of rotatable bonds is 14. The molecule has 0 atom stereocenters. The molecule has 0 unspecified atom stereocenters. The van der Waals surface area contributed by atoms with Crippen molar-refractivity contribution >= 4 is 22.4 Å². The van der Waals surface area contributed by atoms with Gasteiger partial charge in [-0.2, -0.15) is 0 Å². The number of benzene rings is 2. The van der Waals surface area contributed by atoms with Crippen molar-refractivity contribution in [1.82, 2.24) is 19.9 Å². The first kappa shape index (κ1) is 27.5. The number of ether oxygens (including phenoxy) is 5. The highest BCUT2D eigenvalue weighted by molar-refractivity contribution is 5.80. The van der Waals surface area contributed by atoms with Gasteiger partial charge in [-0.15, -0.1) is 0 Å². The third kappa shape index (κ3) is 7.34. The van der Waals surface area contributed by atoms with Crippen LogP contribution < -0.4 is 30.0 Å². The topological polar surface area (TPSA) is 139 Å². The fourth-order valence-electron chi connectivity index (χ4n) is 4.00. The number of imidazole rings is 1. The lowest BCUT2D eigenvalue weighted by Gasteiger charge is -2.11. The van der Waals surface area contributed by atoms with Crippen LogP contribution in [0.3, 0.4) is 0 Å². The Bertz CT molecular complexity index is 1560. The molecule has 0 bridgehead atoms. The van der Waals surface area contributed by atoms with E-state index >= 15 is 0 Å². The number of nitrogens with one attached hydrogen (secondary N) is 2. The van der Waals surface area contributed by atoms with Crippen LogP contribution in [0, 0.1) is 0 Å². The van der Waals surface area contributed by atoms with Gasteiger partial charge in [0, 0.05) is 12.1 Å². The normalized spacial score (nSPS) is 10.9. The maximum Gasteiger partial charge on any atom is 0.157 e. The van der Waals surface area contributed by atoms with Crippen molar-refractivity contribution in [2.45, 2.75) is 6.54 Å².